The highest BCUT2D eigenvalue weighted by Crippen LogP contribution is 2.32. The number of amidine groups is 1. The molecule has 186 valence electrons. The summed E-state index contributed by atoms with van der Waals surface area (Å²) >= 11 is 0.989. The van der Waals surface area contributed by atoms with Crippen molar-refractivity contribution < 1.29 is 19.1 Å². The number of aromatic nitrogens is 2. The van der Waals surface area contributed by atoms with Gasteiger partial charge in [-0.2, -0.15) is 0 Å². The third-order valence-corrected chi connectivity index (χ3v) is 6.79. The third-order valence-electron chi connectivity index (χ3n) is 5.69. The first-order valence-corrected chi connectivity index (χ1v) is 11.7. The average molecular weight is 512 g/mol. The maximum atomic E-state index is 13.5. The van der Waals surface area contributed by atoms with Crippen molar-refractivity contribution in [2.24, 2.45) is 4.99 Å². The van der Waals surface area contributed by atoms with Crippen molar-refractivity contribution in [2.75, 3.05) is 5.32 Å². The van der Waals surface area contributed by atoms with Crippen LogP contribution in [0.4, 0.5) is 10.1 Å². The van der Waals surface area contributed by atoms with Crippen LogP contribution >= 0.6 is 11.8 Å². The van der Waals surface area contributed by atoms with E-state index in [0.717, 1.165) is 35.0 Å². The lowest BCUT2D eigenvalue weighted by Crippen LogP contribution is -2.29. The molecule has 12 heteroatoms. The lowest BCUT2D eigenvalue weighted by molar-refractivity contribution is -0.122. The summed E-state index contributed by atoms with van der Waals surface area (Å²) in [6, 6.07) is 9.38. The Kier molecular flexibility index (Phi) is 7.06. The third kappa shape index (κ3) is 5.38. The van der Waals surface area contributed by atoms with Gasteiger partial charge in [-0.3, -0.25) is 24.4 Å². The number of aromatic hydroxyl groups is 1. The monoisotopic (exact) mass is 511 g/mol. The summed E-state index contributed by atoms with van der Waals surface area (Å²) in [5.41, 5.74) is 0.815. The van der Waals surface area contributed by atoms with Crippen LogP contribution in [0, 0.1) is 19.7 Å². The molecule has 2 aromatic carbocycles. The number of aliphatic imine (C=N–C) groups is 1. The Hall–Kier alpha value is -4.19. The fourth-order valence-corrected chi connectivity index (χ4v) is 4.66. The van der Waals surface area contributed by atoms with Gasteiger partial charge in [0.1, 0.15) is 22.7 Å². The Morgan fingerprint density at radius 2 is 1.86 bits per heavy atom. The van der Waals surface area contributed by atoms with Crippen LogP contribution in [-0.4, -0.2) is 37.3 Å². The Labute approximate surface area is 208 Å². The van der Waals surface area contributed by atoms with E-state index in [9.17, 15) is 28.7 Å². The average Bonchev–Trinajstić information content (AvgIpc) is 3.14. The molecular weight excluding hydrogens is 489 g/mol. The number of rotatable bonds is 6. The van der Waals surface area contributed by atoms with Crippen LogP contribution in [0.5, 0.6) is 5.88 Å². The van der Waals surface area contributed by atoms with Gasteiger partial charge in [0.2, 0.25) is 17.7 Å². The fourth-order valence-electron chi connectivity index (χ4n) is 3.66. The molecule has 2 atom stereocenters. The van der Waals surface area contributed by atoms with Crippen LogP contribution in [0.25, 0.3) is 0 Å². The molecule has 10 nitrogen and oxygen atoms in total. The molecule has 1 aliphatic rings. The van der Waals surface area contributed by atoms with E-state index in [0.29, 0.717) is 11.3 Å². The van der Waals surface area contributed by atoms with Gasteiger partial charge in [0, 0.05) is 12.1 Å². The van der Waals surface area contributed by atoms with E-state index in [1.54, 1.807) is 6.07 Å². The number of nitrogens with one attached hydrogen (secondary N) is 4. The highest BCUT2D eigenvalue weighted by molar-refractivity contribution is 8.15. The number of halogens is 1. The van der Waals surface area contributed by atoms with Crippen LogP contribution < -0.4 is 21.9 Å². The van der Waals surface area contributed by atoms with Gasteiger partial charge in [0.15, 0.2) is 5.17 Å². The van der Waals surface area contributed by atoms with E-state index in [1.807, 2.05) is 31.0 Å². The Bertz CT molecular complexity index is 1480. The number of carbonyl (C=O) groups excluding carboxylic acids is 2. The van der Waals surface area contributed by atoms with Crippen molar-refractivity contribution in [3.63, 3.8) is 0 Å². The van der Waals surface area contributed by atoms with Gasteiger partial charge < -0.3 is 15.7 Å². The van der Waals surface area contributed by atoms with Gasteiger partial charge >= 0.3 is 5.69 Å². The fraction of sp³-hybridized carbons (Fsp3) is 0.208. The van der Waals surface area contributed by atoms with Crippen LogP contribution in [0.15, 0.2) is 57.0 Å². The molecule has 0 spiro atoms. The van der Waals surface area contributed by atoms with Gasteiger partial charge in [-0.1, -0.05) is 36.0 Å². The summed E-state index contributed by atoms with van der Waals surface area (Å²) in [7, 11) is 0. The zero-order valence-corrected chi connectivity index (χ0v) is 20.0. The number of amides is 2. The van der Waals surface area contributed by atoms with E-state index >= 15 is 0 Å². The maximum Gasteiger partial charge on any atom is 0.328 e. The first-order valence-electron chi connectivity index (χ1n) is 10.8. The number of aryl methyl sites for hydroxylation is 1. The van der Waals surface area contributed by atoms with E-state index in [2.05, 4.69) is 20.6 Å². The van der Waals surface area contributed by atoms with E-state index in [1.165, 1.54) is 12.1 Å². The van der Waals surface area contributed by atoms with Crippen molar-refractivity contribution in [1.82, 2.24) is 15.3 Å². The Morgan fingerprint density at radius 1 is 1.14 bits per heavy atom. The largest absolute Gasteiger partial charge is 0.494 e. The van der Waals surface area contributed by atoms with Gasteiger partial charge in [0.05, 0.1) is 0 Å². The number of thioether (sulfide) groups is 1. The molecule has 0 aliphatic carbocycles. The molecule has 1 aliphatic heterocycles. The minimum atomic E-state index is -1.18. The first kappa shape index (κ1) is 24.9. The van der Waals surface area contributed by atoms with Crippen molar-refractivity contribution in [2.45, 2.75) is 31.6 Å². The molecule has 1 saturated heterocycles. The van der Waals surface area contributed by atoms with Crippen molar-refractivity contribution in [3.8, 4) is 5.88 Å². The molecule has 0 saturated carbocycles. The normalized spacial score (nSPS) is 17.1. The Morgan fingerprint density at radius 3 is 2.56 bits per heavy atom. The summed E-state index contributed by atoms with van der Waals surface area (Å²) in [4.78, 5) is 57.7. The highest BCUT2D eigenvalue weighted by Gasteiger charge is 2.34. The minimum Gasteiger partial charge on any atom is -0.494 e. The SMILES string of the molecule is Cc1cccc(NC(=O)C[C@@H]2SC(=N[C@H](c3ccc(F)cc3)c3c(O)[nH]c(=O)[nH]c3=O)NC2=O)c1C. The van der Waals surface area contributed by atoms with Crippen LogP contribution in [0.1, 0.15) is 34.7 Å². The minimum absolute atomic E-state index is 0.101. The van der Waals surface area contributed by atoms with Gasteiger partial charge in [-0.15, -0.1) is 0 Å². The first-order chi connectivity index (χ1) is 17.1. The second-order valence-corrected chi connectivity index (χ2v) is 9.35. The lowest BCUT2D eigenvalue weighted by Gasteiger charge is -2.14. The summed E-state index contributed by atoms with van der Waals surface area (Å²) in [5.74, 6) is -2.04. The number of aromatic amines is 2. The summed E-state index contributed by atoms with van der Waals surface area (Å²) in [5, 5.41) is 15.0. The second kappa shape index (κ2) is 10.2. The van der Waals surface area contributed by atoms with Crippen molar-refractivity contribution in [3.05, 3.63) is 91.4 Å². The topological polar surface area (TPSA) is 157 Å². The standard InChI is InChI=1S/C24H22FN5O5S/c1-11-4-3-5-15(12(11)2)26-17(31)10-16-20(32)30-24(36-16)27-19(13-6-8-14(25)9-7-13)18-21(33)28-23(35)29-22(18)34/h3-9,16,19H,10H2,1-2H3,(H,26,31)(H,27,30,32)(H3,28,29,33,34,35)/t16-,19+/m0/s1. The van der Waals surface area contributed by atoms with Crippen molar-refractivity contribution >= 4 is 34.4 Å². The molecule has 2 amide bonds. The second-order valence-electron chi connectivity index (χ2n) is 8.15. The van der Waals surface area contributed by atoms with Gasteiger partial charge in [0.25, 0.3) is 5.56 Å². The molecule has 0 radical (unpaired) electrons. The predicted octanol–water partition coefficient (Wildman–Crippen LogP) is 2.23. The predicted molar refractivity (Wildman–Crippen MR) is 134 cm³/mol. The number of anilines is 1. The number of nitrogens with zero attached hydrogens (tertiary/aromatic N) is 1. The summed E-state index contributed by atoms with van der Waals surface area (Å²) in [6.45, 7) is 3.81. The molecule has 0 unspecified atom stereocenters. The van der Waals surface area contributed by atoms with Crippen molar-refractivity contribution in [1.29, 1.82) is 0 Å². The van der Waals surface area contributed by atoms with E-state index in [-0.39, 0.29) is 23.1 Å². The van der Waals surface area contributed by atoms with Crippen LogP contribution in [0.2, 0.25) is 0 Å². The quantitative estimate of drug-likeness (QED) is 0.342. The summed E-state index contributed by atoms with van der Waals surface area (Å²) < 4.78 is 13.5. The molecule has 1 aromatic heterocycles. The molecule has 0 bridgehead atoms. The maximum absolute atomic E-state index is 13.5. The molecule has 1 fully saturated rings. The van der Waals surface area contributed by atoms with Gasteiger partial charge in [-0.05, 0) is 48.7 Å². The van der Waals surface area contributed by atoms with E-state index < -0.39 is 40.1 Å². The number of benzene rings is 2. The molecule has 2 heterocycles. The zero-order valence-electron chi connectivity index (χ0n) is 19.2. The van der Waals surface area contributed by atoms with Crippen LogP contribution in [0.3, 0.4) is 0 Å². The van der Waals surface area contributed by atoms with Gasteiger partial charge in [-0.25, -0.2) is 14.2 Å². The summed E-state index contributed by atoms with van der Waals surface area (Å²) in [6.07, 6.45) is -0.130. The number of carbonyl (C=O) groups is 2. The van der Waals surface area contributed by atoms with Crippen LogP contribution in [-0.2, 0) is 9.59 Å². The molecular formula is C24H22FN5O5S. The number of H-pyrrole nitrogens is 2. The number of hydrogen-bond donors (Lipinski definition) is 5. The molecule has 5 N–H and O–H groups in total. The molecule has 4 rings (SSSR count). The number of hydrogen-bond acceptors (Lipinski definition) is 7. The van der Waals surface area contributed by atoms with E-state index in [4.69, 9.17) is 0 Å². The Balaban J connectivity index is 1.59. The molecule has 3 aromatic rings. The zero-order chi connectivity index (χ0) is 26.0. The smallest absolute Gasteiger partial charge is 0.328 e. The lowest BCUT2D eigenvalue weighted by atomic mass is 10.0. The highest BCUT2D eigenvalue weighted by atomic mass is 32.2. The molecule has 36 heavy (non-hydrogen) atoms.